The molecule has 0 fully saturated rings. The van der Waals surface area contributed by atoms with Crippen LogP contribution < -0.4 is 0 Å². The molecule has 0 aliphatic rings. The van der Waals surface area contributed by atoms with Crippen molar-refractivity contribution in [3.8, 4) is 0 Å². The minimum absolute atomic E-state index is 0.0777. The molecule has 2 aromatic rings. The predicted octanol–water partition coefficient (Wildman–Crippen LogP) is 4.11. The lowest BCUT2D eigenvalue weighted by atomic mass is 10.1. The van der Waals surface area contributed by atoms with E-state index in [1.807, 2.05) is 42.5 Å². The molecule has 0 unspecified atom stereocenters. The predicted molar refractivity (Wildman–Crippen MR) is 74.6 cm³/mol. The standard InChI is InChI=1S/C15H12ClNO/c1-11(18)14-10-17-13(9-15(14)16)8-7-12-5-3-2-4-6-12/h2-10H,1H3/b8-7+. The maximum Gasteiger partial charge on any atom is 0.162 e. The molecule has 18 heavy (non-hydrogen) atoms. The third-order valence-corrected chi connectivity index (χ3v) is 2.81. The van der Waals surface area contributed by atoms with Crippen LogP contribution in [0.15, 0.2) is 42.6 Å². The average Bonchev–Trinajstić information content (AvgIpc) is 2.37. The smallest absolute Gasteiger partial charge is 0.162 e. The molecule has 90 valence electrons. The number of pyridine rings is 1. The second-order valence-corrected chi connectivity index (χ2v) is 4.30. The van der Waals surface area contributed by atoms with Crippen LogP contribution in [0, 0.1) is 0 Å². The van der Waals surface area contributed by atoms with Crippen molar-refractivity contribution in [3.63, 3.8) is 0 Å². The second-order valence-electron chi connectivity index (χ2n) is 3.89. The highest BCUT2D eigenvalue weighted by Crippen LogP contribution is 2.17. The number of Topliss-reactive ketones (excluding diaryl/α,β-unsaturated/α-hetero) is 1. The maximum absolute atomic E-state index is 11.2. The molecule has 3 heteroatoms. The van der Waals surface area contributed by atoms with Gasteiger partial charge in [0.15, 0.2) is 5.78 Å². The van der Waals surface area contributed by atoms with Crippen LogP contribution in [0.4, 0.5) is 0 Å². The summed E-state index contributed by atoms with van der Waals surface area (Å²) in [6, 6.07) is 11.6. The molecule has 0 bridgehead atoms. The summed E-state index contributed by atoms with van der Waals surface area (Å²) in [5.41, 5.74) is 2.27. The number of benzene rings is 1. The first-order valence-corrected chi connectivity index (χ1v) is 5.94. The minimum Gasteiger partial charge on any atom is -0.294 e. The number of carbonyl (C=O) groups excluding carboxylic acids is 1. The van der Waals surface area contributed by atoms with Crippen molar-refractivity contribution < 1.29 is 4.79 Å². The Bertz CT molecular complexity index is 591. The zero-order valence-corrected chi connectivity index (χ0v) is 10.7. The number of hydrogen-bond donors (Lipinski definition) is 0. The molecule has 1 aromatic carbocycles. The quantitative estimate of drug-likeness (QED) is 0.775. The third kappa shape index (κ3) is 3.05. The van der Waals surface area contributed by atoms with Gasteiger partial charge in [0.25, 0.3) is 0 Å². The van der Waals surface area contributed by atoms with E-state index in [4.69, 9.17) is 11.6 Å². The van der Waals surface area contributed by atoms with Gasteiger partial charge in [0.05, 0.1) is 16.3 Å². The summed E-state index contributed by atoms with van der Waals surface area (Å²) in [5.74, 6) is -0.0777. The highest BCUT2D eigenvalue weighted by molar-refractivity contribution is 6.33. The van der Waals surface area contributed by atoms with Crippen molar-refractivity contribution >= 4 is 29.5 Å². The molecule has 0 N–H and O–H groups in total. The van der Waals surface area contributed by atoms with Gasteiger partial charge in [0.2, 0.25) is 0 Å². The van der Waals surface area contributed by atoms with E-state index in [1.165, 1.54) is 13.1 Å². The Labute approximate surface area is 111 Å². The van der Waals surface area contributed by atoms with Gasteiger partial charge in [0.1, 0.15) is 0 Å². The van der Waals surface area contributed by atoms with E-state index >= 15 is 0 Å². The molecule has 2 nitrogen and oxygen atoms in total. The minimum atomic E-state index is -0.0777. The number of nitrogens with zero attached hydrogens (tertiary/aromatic N) is 1. The van der Waals surface area contributed by atoms with Crippen LogP contribution in [0.1, 0.15) is 28.5 Å². The first kappa shape index (κ1) is 12.5. The number of halogens is 1. The van der Waals surface area contributed by atoms with E-state index in [1.54, 1.807) is 6.07 Å². The van der Waals surface area contributed by atoms with Crippen LogP contribution in [0.3, 0.4) is 0 Å². The zero-order valence-electron chi connectivity index (χ0n) is 9.93. The molecule has 0 aliphatic heterocycles. The van der Waals surface area contributed by atoms with Crippen LogP contribution in [-0.2, 0) is 0 Å². The molecule has 0 aliphatic carbocycles. The van der Waals surface area contributed by atoms with Gasteiger partial charge in [0, 0.05) is 6.20 Å². The van der Waals surface area contributed by atoms with Crippen molar-refractivity contribution in [3.05, 3.63) is 64.4 Å². The first-order valence-electron chi connectivity index (χ1n) is 5.56. The molecule has 2 rings (SSSR count). The van der Waals surface area contributed by atoms with Gasteiger partial charge in [-0.05, 0) is 24.6 Å². The Hall–Kier alpha value is -1.93. The molecule has 0 radical (unpaired) electrons. The van der Waals surface area contributed by atoms with Gasteiger partial charge in [-0.25, -0.2) is 0 Å². The Morgan fingerprint density at radius 2 is 1.94 bits per heavy atom. The monoisotopic (exact) mass is 257 g/mol. The van der Waals surface area contributed by atoms with Crippen LogP contribution >= 0.6 is 11.6 Å². The lowest BCUT2D eigenvalue weighted by Crippen LogP contribution is -1.95. The molecule has 0 saturated heterocycles. The zero-order chi connectivity index (χ0) is 13.0. The van der Waals surface area contributed by atoms with Crippen LogP contribution in [-0.4, -0.2) is 10.8 Å². The lowest BCUT2D eigenvalue weighted by Gasteiger charge is -2.00. The topological polar surface area (TPSA) is 30.0 Å². The fraction of sp³-hybridized carbons (Fsp3) is 0.0667. The maximum atomic E-state index is 11.2. The molecular formula is C15H12ClNO. The van der Waals surface area contributed by atoms with Gasteiger partial charge >= 0.3 is 0 Å². The van der Waals surface area contributed by atoms with Gasteiger partial charge in [-0.1, -0.05) is 48.0 Å². The van der Waals surface area contributed by atoms with Gasteiger partial charge < -0.3 is 0 Å². The summed E-state index contributed by atoms with van der Waals surface area (Å²) in [5, 5.41) is 0.435. The van der Waals surface area contributed by atoms with Gasteiger partial charge in [-0.15, -0.1) is 0 Å². The summed E-state index contributed by atoms with van der Waals surface area (Å²) < 4.78 is 0. The number of aromatic nitrogens is 1. The van der Waals surface area contributed by atoms with Gasteiger partial charge in [-0.3, -0.25) is 9.78 Å². The Balaban J connectivity index is 2.23. The van der Waals surface area contributed by atoms with Crippen LogP contribution in [0.25, 0.3) is 12.2 Å². The molecule has 0 amide bonds. The average molecular weight is 258 g/mol. The highest BCUT2D eigenvalue weighted by atomic mass is 35.5. The number of ketones is 1. The number of carbonyl (C=O) groups is 1. The molecule has 1 heterocycles. The van der Waals surface area contributed by atoms with Crippen molar-refractivity contribution in [2.45, 2.75) is 6.92 Å². The van der Waals surface area contributed by atoms with Crippen molar-refractivity contribution in [2.24, 2.45) is 0 Å². The molecule has 0 saturated carbocycles. The fourth-order valence-corrected chi connectivity index (χ4v) is 1.84. The summed E-state index contributed by atoms with van der Waals surface area (Å²) in [7, 11) is 0. The molecular weight excluding hydrogens is 246 g/mol. The van der Waals surface area contributed by atoms with Crippen molar-refractivity contribution in [2.75, 3.05) is 0 Å². The lowest BCUT2D eigenvalue weighted by molar-refractivity contribution is 0.101. The summed E-state index contributed by atoms with van der Waals surface area (Å²) in [6.07, 6.45) is 5.33. The molecule has 1 aromatic heterocycles. The third-order valence-electron chi connectivity index (χ3n) is 2.50. The number of rotatable bonds is 3. The van der Waals surface area contributed by atoms with E-state index in [9.17, 15) is 4.79 Å². The second kappa shape index (κ2) is 5.61. The summed E-state index contributed by atoms with van der Waals surface area (Å²) in [6.45, 7) is 1.47. The van der Waals surface area contributed by atoms with Crippen LogP contribution in [0.2, 0.25) is 5.02 Å². The van der Waals surface area contributed by atoms with Crippen molar-refractivity contribution in [1.82, 2.24) is 4.98 Å². The normalized spacial score (nSPS) is 10.8. The highest BCUT2D eigenvalue weighted by Gasteiger charge is 2.05. The Kier molecular flexibility index (Phi) is 3.90. The number of hydrogen-bond acceptors (Lipinski definition) is 2. The van der Waals surface area contributed by atoms with E-state index in [2.05, 4.69) is 4.98 Å². The van der Waals surface area contributed by atoms with Gasteiger partial charge in [-0.2, -0.15) is 0 Å². The van der Waals surface area contributed by atoms with E-state index < -0.39 is 0 Å². The largest absolute Gasteiger partial charge is 0.294 e. The molecule has 0 spiro atoms. The fourth-order valence-electron chi connectivity index (χ4n) is 1.54. The first-order chi connectivity index (χ1) is 8.66. The van der Waals surface area contributed by atoms with E-state index in [0.717, 1.165) is 11.3 Å². The molecule has 0 atom stereocenters. The van der Waals surface area contributed by atoms with Crippen LogP contribution in [0.5, 0.6) is 0 Å². The van der Waals surface area contributed by atoms with E-state index in [-0.39, 0.29) is 5.78 Å². The summed E-state index contributed by atoms with van der Waals surface area (Å²) >= 11 is 6.01. The SMILES string of the molecule is CC(=O)c1cnc(/C=C/c2ccccc2)cc1Cl. The van der Waals surface area contributed by atoms with E-state index in [0.29, 0.717) is 10.6 Å². The summed E-state index contributed by atoms with van der Waals surface area (Å²) in [4.78, 5) is 15.4. The van der Waals surface area contributed by atoms with Crippen molar-refractivity contribution in [1.29, 1.82) is 0 Å². The Morgan fingerprint density at radius 1 is 1.22 bits per heavy atom. The Morgan fingerprint density at radius 3 is 2.56 bits per heavy atom.